The van der Waals surface area contributed by atoms with E-state index in [1.165, 1.54) is 19.3 Å². The topological polar surface area (TPSA) is 49.8 Å². The minimum atomic E-state index is 0.340. The Hall–Kier alpha value is -1.32. The molecule has 20 heavy (non-hydrogen) atoms. The molecule has 2 rings (SSSR count). The first-order valence-corrected chi connectivity index (χ1v) is 7.87. The van der Waals surface area contributed by atoms with Crippen molar-refractivity contribution in [2.24, 2.45) is 5.92 Å². The lowest BCUT2D eigenvalue weighted by Gasteiger charge is -2.21. The molecule has 0 spiro atoms. The van der Waals surface area contributed by atoms with Gasteiger partial charge >= 0.3 is 0 Å². The van der Waals surface area contributed by atoms with Gasteiger partial charge in [0, 0.05) is 24.6 Å². The van der Waals surface area contributed by atoms with Crippen molar-refractivity contribution in [3.8, 4) is 0 Å². The Labute approximate surface area is 122 Å². The van der Waals surface area contributed by atoms with Crippen molar-refractivity contribution < 1.29 is 0 Å². The predicted octanol–water partition coefficient (Wildman–Crippen LogP) is 3.94. The molecular formula is C16H28N4. The highest BCUT2D eigenvalue weighted by Crippen LogP contribution is 2.35. The second kappa shape index (κ2) is 6.42. The van der Waals surface area contributed by atoms with Crippen molar-refractivity contribution in [3.63, 3.8) is 0 Å². The first-order valence-electron chi connectivity index (χ1n) is 7.87. The maximum Gasteiger partial charge on any atom is 0.135 e. The van der Waals surface area contributed by atoms with Gasteiger partial charge in [-0.3, -0.25) is 0 Å². The summed E-state index contributed by atoms with van der Waals surface area (Å²) >= 11 is 0. The molecule has 2 N–H and O–H groups in total. The lowest BCUT2D eigenvalue weighted by molar-refractivity contribution is 0.583. The fourth-order valence-electron chi connectivity index (χ4n) is 2.45. The molecule has 0 amide bonds. The van der Waals surface area contributed by atoms with Crippen LogP contribution in [0.5, 0.6) is 0 Å². The third-order valence-corrected chi connectivity index (χ3v) is 4.06. The fourth-order valence-corrected chi connectivity index (χ4v) is 2.45. The number of rotatable bonds is 7. The summed E-state index contributed by atoms with van der Waals surface area (Å²) in [6, 6.07) is 0.529. The zero-order valence-corrected chi connectivity index (χ0v) is 13.5. The number of hydrogen-bond acceptors (Lipinski definition) is 4. The molecule has 1 unspecified atom stereocenters. The summed E-state index contributed by atoms with van der Waals surface area (Å²) in [5.74, 6) is 4.12. The molecule has 1 aliphatic carbocycles. The van der Waals surface area contributed by atoms with Gasteiger partial charge in [-0.25, -0.2) is 9.97 Å². The average Bonchev–Trinajstić information content (AvgIpc) is 3.23. The van der Waals surface area contributed by atoms with Gasteiger partial charge in [0.05, 0.1) is 0 Å². The third-order valence-electron chi connectivity index (χ3n) is 4.06. The first-order chi connectivity index (χ1) is 9.55. The fraction of sp³-hybridized carbons (Fsp3) is 0.750. The van der Waals surface area contributed by atoms with Crippen LogP contribution in [0.4, 0.5) is 11.6 Å². The Morgan fingerprint density at radius 2 is 1.85 bits per heavy atom. The summed E-state index contributed by atoms with van der Waals surface area (Å²) in [5, 5.41) is 6.83. The van der Waals surface area contributed by atoms with Crippen LogP contribution in [-0.4, -0.2) is 23.1 Å². The van der Waals surface area contributed by atoms with Gasteiger partial charge in [-0.05, 0) is 25.7 Å². The second-order valence-electron chi connectivity index (χ2n) is 6.24. The van der Waals surface area contributed by atoms with Crippen LogP contribution < -0.4 is 10.6 Å². The molecule has 0 aliphatic heterocycles. The van der Waals surface area contributed by atoms with E-state index >= 15 is 0 Å². The van der Waals surface area contributed by atoms with Gasteiger partial charge in [-0.1, -0.05) is 33.6 Å². The maximum atomic E-state index is 4.73. The minimum Gasteiger partial charge on any atom is -0.373 e. The van der Waals surface area contributed by atoms with Crippen molar-refractivity contribution >= 4 is 11.6 Å². The average molecular weight is 276 g/mol. The zero-order valence-electron chi connectivity index (χ0n) is 13.5. The maximum absolute atomic E-state index is 4.73. The van der Waals surface area contributed by atoms with Gasteiger partial charge in [0.1, 0.15) is 17.5 Å². The molecule has 1 heterocycles. The van der Waals surface area contributed by atoms with Gasteiger partial charge in [-0.15, -0.1) is 0 Å². The van der Waals surface area contributed by atoms with Crippen LogP contribution in [0.25, 0.3) is 0 Å². The molecule has 4 heteroatoms. The predicted molar refractivity (Wildman–Crippen MR) is 85.4 cm³/mol. The summed E-state index contributed by atoms with van der Waals surface area (Å²) in [4.78, 5) is 9.33. The van der Waals surface area contributed by atoms with Gasteiger partial charge in [0.15, 0.2) is 0 Å². The van der Waals surface area contributed by atoms with Crippen LogP contribution in [0, 0.1) is 12.8 Å². The number of anilines is 2. The normalized spacial score (nSPS) is 16.3. The van der Waals surface area contributed by atoms with Crippen LogP contribution in [0.2, 0.25) is 0 Å². The summed E-state index contributed by atoms with van der Waals surface area (Å²) in [7, 11) is 1.92. The highest BCUT2D eigenvalue weighted by molar-refractivity contribution is 5.57. The van der Waals surface area contributed by atoms with Gasteiger partial charge in [0.2, 0.25) is 0 Å². The van der Waals surface area contributed by atoms with E-state index in [1.54, 1.807) is 0 Å². The smallest absolute Gasteiger partial charge is 0.135 e. The van der Waals surface area contributed by atoms with Gasteiger partial charge < -0.3 is 10.6 Å². The number of nitrogens with one attached hydrogen (secondary N) is 2. The summed E-state index contributed by atoms with van der Waals surface area (Å²) in [5.41, 5.74) is 1.12. The number of nitrogens with zero attached hydrogens (tertiary/aromatic N) is 2. The van der Waals surface area contributed by atoms with Crippen molar-refractivity contribution in [3.05, 3.63) is 11.4 Å². The highest BCUT2D eigenvalue weighted by Gasteiger charge is 2.25. The van der Waals surface area contributed by atoms with Crippen molar-refractivity contribution in [1.82, 2.24) is 9.97 Å². The van der Waals surface area contributed by atoms with Crippen molar-refractivity contribution in [2.75, 3.05) is 17.7 Å². The van der Waals surface area contributed by atoms with E-state index in [0.29, 0.717) is 12.0 Å². The zero-order chi connectivity index (χ0) is 14.7. The Morgan fingerprint density at radius 3 is 2.35 bits per heavy atom. The molecule has 1 aliphatic rings. The second-order valence-corrected chi connectivity index (χ2v) is 6.24. The highest BCUT2D eigenvalue weighted by atomic mass is 15.1. The summed E-state index contributed by atoms with van der Waals surface area (Å²) in [6.07, 6.45) is 5.22. The van der Waals surface area contributed by atoms with Crippen molar-refractivity contribution in [1.29, 1.82) is 0 Å². The van der Waals surface area contributed by atoms with E-state index in [2.05, 4.69) is 43.3 Å². The Bertz CT molecular complexity index is 452. The lowest BCUT2D eigenvalue weighted by atomic mass is 10.1. The molecule has 1 atom stereocenters. The number of aromatic nitrogens is 2. The van der Waals surface area contributed by atoms with Crippen LogP contribution in [0.15, 0.2) is 0 Å². The van der Waals surface area contributed by atoms with Gasteiger partial charge in [-0.2, -0.15) is 0 Å². The first kappa shape index (κ1) is 15.1. The Balaban J connectivity index is 2.21. The van der Waals surface area contributed by atoms with E-state index < -0.39 is 0 Å². The van der Waals surface area contributed by atoms with Crippen LogP contribution in [-0.2, 0) is 0 Å². The molecule has 0 saturated heterocycles. The van der Waals surface area contributed by atoms with E-state index in [9.17, 15) is 0 Å². The quantitative estimate of drug-likeness (QED) is 0.792. The molecule has 4 nitrogen and oxygen atoms in total. The van der Waals surface area contributed by atoms with E-state index in [-0.39, 0.29) is 0 Å². The van der Waals surface area contributed by atoms with Gasteiger partial charge in [0.25, 0.3) is 0 Å². The molecule has 0 radical (unpaired) electrons. The standard InChI is InChI=1S/C16H28N4/c1-6-13(9-12-7-8-12)18-16-11(4)15(17-5)19-14(20-16)10(2)3/h10,12-13H,6-9H2,1-5H3,(H2,17,18,19,20). The van der Waals surface area contributed by atoms with E-state index in [0.717, 1.165) is 35.4 Å². The lowest BCUT2D eigenvalue weighted by Crippen LogP contribution is -2.22. The van der Waals surface area contributed by atoms with Crippen LogP contribution >= 0.6 is 0 Å². The minimum absolute atomic E-state index is 0.340. The monoisotopic (exact) mass is 276 g/mol. The van der Waals surface area contributed by atoms with Crippen molar-refractivity contribution in [2.45, 2.75) is 65.3 Å². The molecular weight excluding hydrogens is 248 g/mol. The summed E-state index contributed by atoms with van der Waals surface area (Å²) < 4.78 is 0. The molecule has 0 aromatic carbocycles. The van der Waals surface area contributed by atoms with E-state index in [1.807, 2.05) is 7.05 Å². The molecule has 1 fully saturated rings. The molecule has 0 bridgehead atoms. The number of hydrogen-bond donors (Lipinski definition) is 2. The van der Waals surface area contributed by atoms with Crippen LogP contribution in [0.1, 0.15) is 63.8 Å². The molecule has 1 saturated carbocycles. The molecule has 1 aromatic rings. The largest absolute Gasteiger partial charge is 0.373 e. The summed E-state index contributed by atoms with van der Waals surface area (Å²) in [6.45, 7) is 8.60. The van der Waals surface area contributed by atoms with E-state index in [4.69, 9.17) is 4.98 Å². The van der Waals surface area contributed by atoms with Crippen LogP contribution in [0.3, 0.4) is 0 Å². The SMILES string of the molecule is CCC(CC1CC1)Nc1nc(C(C)C)nc(NC)c1C. The third kappa shape index (κ3) is 3.62. The Morgan fingerprint density at radius 1 is 1.20 bits per heavy atom. The molecule has 112 valence electrons. The Kier molecular flexibility index (Phi) is 4.84. The molecule has 1 aromatic heterocycles.